The molecule has 0 aliphatic rings. The first kappa shape index (κ1) is 22.7. The Kier molecular flexibility index (Phi) is 6.64. The highest BCUT2D eigenvalue weighted by Gasteiger charge is 2.30. The lowest BCUT2D eigenvalue weighted by Gasteiger charge is -2.11. The fraction of sp³-hybridized carbons (Fsp3) is 0.227. The fourth-order valence-corrected chi connectivity index (χ4v) is 3.55. The Hall–Kier alpha value is -2.94. The number of hydrogen-bond donors (Lipinski definition) is 1. The van der Waals surface area contributed by atoms with Gasteiger partial charge in [0.25, 0.3) is 0 Å². The number of esters is 1. The molecule has 0 spiro atoms. The SMILES string of the molecule is CCOC(=O)CCC(=O)c1nc2cc(-c3cccc(C(F)(F)F)c3)ccc2c(Br)c1O. The van der Waals surface area contributed by atoms with E-state index in [1.165, 1.54) is 18.2 Å². The first-order valence-electron chi connectivity index (χ1n) is 9.30. The molecule has 0 fully saturated rings. The smallest absolute Gasteiger partial charge is 0.416 e. The van der Waals surface area contributed by atoms with Crippen LogP contribution >= 0.6 is 15.9 Å². The van der Waals surface area contributed by atoms with Crippen molar-refractivity contribution in [1.82, 2.24) is 4.98 Å². The number of aromatic hydroxyl groups is 1. The third kappa shape index (κ3) is 5.04. The van der Waals surface area contributed by atoms with Crippen molar-refractivity contribution in [3.8, 4) is 16.9 Å². The Morgan fingerprint density at radius 2 is 1.81 bits per heavy atom. The van der Waals surface area contributed by atoms with Crippen LogP contribution in [0.1, 0.15) is 35.8 Å². The summed E-state index contributed by atoms with van der Waals surface area (Å²) in [6.45, 7) is 1.84. The number of fused-ring (bicyclic) bond motifs is 1. The lowest BCUT2D eigenvalue weighted by Crippen LogP contribution is -2.09. The topological polar surface area (TPSA) is 76.5 Å². The molecule has 1 heterocycles. The zero-order chi connectivity index (χ0) is 22.8. The van der Waals surface area contributed by atoms with Crippen LogP contribution < -0.4 is 0 Å². The summed E-state index contributed by atoms with van der Waals surface area (Å²) in [5.74, 6) is -1.46. The number of benzene rings is 2. The fourth-order valence-electron chi connectivity index (χ4n) is 3.03. The molecule has 0 amide bonds. The summed E-state index contributed by atoms with van der Waals surface area (Å²) in [6.07, 6.45) is -4.84. The van der Waals surface area contributed by atoms with Crippen LogP contribution in [0, 0.1) is 0 Å². The number of alkyl halides is 3. The van der Waals surface area contributed by atoms with Crippen molar-refractivity contribution in [2.45, 2.75) is 25.9 Å². The zero-order valence-electron chi connectivity index (χ0n) is 16.3. The number of carbonyl (C=O) groups excluding carboxylic acids is 2. The highest BCUT2D eigenvalue weighted by atomic mass is 79.9. The van der Waals surface area contributed by atoms with E-state index in [1.54, 1.807) is 19.1 Å². The molecule has 0 saturated heterocycles. The molecule has 0 aliphatic heterocycles. The molecule has 3 rings (SSSR count). The third-order valence-electron chi connectivity index (χ3n) is 4.55. The number of halogens is 4. The van der Waals surface area contributed by atoms with Crippen molar-refractivity contribution < 1.29 is 32.6 Å². The van der Waals surface area contributed by atoms with Crippen LogP contribution in [-0.4, -0.2) is 28.4 Å². The van der Waals surface area contributed by atoms with Gasteiger partial charge in [-0.25, -0.2) is 4.98 Å². The molecule has 5 nitrogen and oxygen atoms in total. The van der Waals surface area contributed by atoms with Crippen LogP contribution in [0.15, 0.2) is 46.9 Å². The molecular formula is C22H17BrF3NO4. The van der Waals surface area contributed by atoms with E-state index in [0.717, 1.165) is 12.1 Å². The van der Waals surface area contributed by atoms with Crippen LogP contribution in [0.2, 0.25) is 0 Å². The van der Waals surface area contributed by atoms with Gasteiger partial charge >= 0.3 is 12.1 Å². The standard InChI is InChI=1S/C22H17BrF3NO4/c1-2-31-18(29)9-8-17(28)20-21(30)19(23)15-7-6-13(11-16(15)27-20)12-4-3-5-14(10-12)22(24,25)26/h3-7,10-11,30H,2,8-9H2,1H3. The van der Waals surface area contributed by atoms with Crippen molar-refractivity contribution in [3.05, 3.63) is 58.2 Å². The minimum atomic E-state index is -4.47. The van der Waals surface area contributed by atoms with Crippen molar-refractivity contribution in [2.24, 2.45) is 0 Å². The number of aromatic nitrogens is 1. The third-order valence-corrected chi connectivity index (χ3v) is 5.35. The van der Waals surface area contributed by atoms with Crippen LogP contribution in [0.5, 0.6) is 5.75 Å². The van der Waals surface area contributed by atoms with Crippen molar-refractivity contribution in [1.29, 1.82) is 0 Å². The summed E-state index contributed by atoms with van der Waals surface area (Å²) in [4.78, 5) is 28.2. The Morgan fingerprint density at radius 1 is 1.10 bits per heavy atom. The minimum absolute atomic E-state index is 0.159. The lowest BCUT2D eigenvalue weighted by atomic mass is 10.0. The monoisotopic (exact) mass is 495 g/mol. The molecule has 0 aliphatic carbocycles. The van der Waals surface area contributed by atoms with Gasteiger partial charge in [0.05, 0.1) is 28.6 Å². The van der Waals surface area contributed by atoms with Gasteiger partial charge in [0.2, 0.25) is 0 Å². The number of hydrogen-bond acceptors (Lipinski definition) is 5. The van der Waals surface area contributed by atoms with E-state index < -0.39 is 23.5 Å². The normalized spacial score (nSPS) is 11.5. The maximum atomic E-state index is 13.0. The summed E-state index contributed by atoms with van der Waals surface area (Å²) < 4.78 is 44.1. The Balaban J connectivity index is 2.00. The molecule has 9 heteroatoms. The number of Topliss-reactive ketones (excluding diaryl/α,β-unsaturated/α-hetero) is 1. The van der Waals surface area contributed by atoms with Crippen LogP contribution in [0.25, 0.3) is 22.0 Å². The molecule has 1 N–H and O–H groups in total. The molecule has 31 heavy (non-hydrogen) atoms. The molecule has 0 unspecified atom stereocenters. The Morgan fingerprint density at radius 3 is 2.48 bits per heavy atom. The molecule has 0 bridgehead atoms. The van der Waals surface area contributed by atoms with Crippen molar-refractivity contribution in [3.63, 3.8) is 0 Å². The summed E-state index contributed by atoms with van der Waals surface area (Å²) >= 11 is 3.24. The van der Waals surface area contributed by atoms with Gasteiger partial charge in [0.1, 0.15) is 5.69 Å². The average Bonchev–Trinajstić information content (AvgIpc) is 2.74. The number of ether oxygens (including phenoxy) is 1. The van der Waals surface area contributed by atoms with Crippen LogP contribution in [0.4, 0.5) is 13.2 Å². The molecule has 3 aromatic rings. The van der Waals surface area contributed by atoms with Crippen LogP contribution in [-0.2, 0) is 15.7 Å². The highest BCUT2D eigenvalue weighted by Crippen LogP contribution is 2.37. The average molecular weight is 496 g/mol. The molecule has 0 atom stereocenters. The number of rotatable bonds is 6. The van der Waals surface area contributed by atoms with E-state index in [9.17, 15) is 27.9 Å². The largest absolute Gasteiger partial charge is 0.504 e. The predicted molar refractivity (Wildman–Crippen MR) is 112 cm³/mol. The number of pyridine rings is 1. The van der Waals surface area contributed by atoms with Gasteiger partial charge in [0.15, 0.2) is 11.5 Å². The molecule has 0 radical (unpaired) electrons. The first-order chi connectivity index (χ1) is 14.6. The molecule has 2 aromatic carbocycles. The van der Waals surface area contributed by atoms with Gasteiger partial charge in [-0.05, 0) is 52.2 Å². The summed E-state index contributed by atoms with van der Waals surface area (Å²) in [7, 11) is 0. The van der Waals surface area contributed by atoms with Gasteiger partial charge < -0.3 is 9.84 Å². The van der Waals surface area contributed by atoms with Gasteiger partial charge in [-0.2, -0.15) is 13.2 Å². The quantitative estimate of drug-likeness (QED) is 0.339. The second-order valence-electron chi connectivity index (χ2n) is 6.66. The van der Waals surface area contributed by atoms with E-state index in [1.807, 2.05) is 0 Å². The van der Waals surface area contributed by atoms with E-state index in [-0.39, 0.29) is 35.4 Å². The molecule has 1 aromatic heterocycles. The first-order valence-corrected chi connectivity index (χ1v) is 10.1. The molecule has 0 saturated carbocycles. The zero-order valence-corrected chi connectivity index (χ0v) is 17.9. The Bertz CT molecular complexity index is 1160. The maximum absolute atomic E-state index is 13.0. The molecular weight excluding hydrogens is 479 g/mol. The van der Waals surface area contributed by atoms with Crippen LogP contribution in [0.3, 0.4) is 0 Å². The van der Waals surface area contributed by atoms with E-state index >= 15 is 0 Å². The highest BCUT2D eigenvalue weighted by molar-refractivity contribution is 9.10. The van der Waals surface area contributed by atoms with Gasteiger partial charge in [-0.1, -0.05) is 24.3 Å². The van der Waals surface area contributed by atoms with Gasteiger partial charge in [-0.3, -0.25) is 9.59 Å². The number of nitrogens with zero attached hydrogens (tertiary/aromatic N) is 1. The summed E-state index contributed by atoms with van der Waals surface area (Å²) in [5.41, 5.74) is 0.0928. The second-order valence-corrected chi connectivity index (χ2v) is 7.45. The van der Waals surface area contributed by atoms with Gasteiger partial charge in [-0.15, -0.1) is 0 Å². The van der Waals surface area contributed by atoms with E-state index in [4.69, 9.17) is 4.74 Å². The van der Waals surface area contributed by atoms with Gasteiger partial charge in [0, 0.05) is 11.8 Å². The summed E-state index contributed by atoms with van der Waals surface area (Å²) in [6, 6.07) is 9.60. The van der Waals surface area contributed by atoms with E-state index in [2.05, 4.69) is 20.9 Å². The minimum Gasteiger partial charge on any atom is -0.504 e. The van der Waals surface area contributed by atoms with Crippen molar-refractivity contribution in [2.75, 3.05) is 6.61 Å². The predicted octanol–water partition coefficient (Wildman–Crippen LogP) is 5.91. The number of carbonyl (C=O) groups is 2. The Labute approximate surface area is 184 Å². The maximum Gasteiger partial charge on any atom is 0.416 e. The summed E-state index contributed by atoms with van der Waals surface area (Å²) in [5, 5.41) is 10.9. The lowest BCUT2D eigenvalue weighted by molar-refractivity contribution is -0.143. The number of ketones is 1. The van der Waals surface area contributed by atoms with Crippen molar-refractivity contribution >= 4 is 38.6 Å². The van der Waals surface area contributed by atoms with E-state index in [0.29, 0.717) is 22.0 Å². The molecule has 162 valence electrons. The second kappa shape index (κ2) is 9.05.